The van der Waals surface area contributed by atoms with Gasteiger partial charge in [-0.15, -0.1) is 0 Å². The van der Waals surface area contributed by atoms with Gasteiger partial charge in [-0.25, -0.2) is 4.79 Å². The van der Waals surface area contributed by atoms with Crippen molar-refractivity contribution in [3.8, 4) is 0 Å². The molecule has 0 aliphatic carbocycles. The minimum Gasteiger partial charge on any atom is -0.464 e. The molecule has 2 rings (SSSR count). The van der Waals surface area contributed by atoms with Crippen molar-refractivity contribution in [2.45, 2.75) is 26.3 Å². The molecule has 0 bridgehead atoms. The molecular weight excluding hydrogens is 296 g/mol. The van der Waals surface area contributed by atoms with Crippen LogP contribution in [0.5, 0.6) is 0 Å². The van der Waals surface area contributed by atoms with Crippen molar-refractivity contribution in [2.24, 2.45) is 0 Å². The number of anilines is 2. The minimum atomic E-state index is -0.962. The molecule has 0 fully saturated rings. The summed E-state index contributed by atoms with van der Waals surface area (Å²) < 4.78 is 6.49. The number of nitrogens with zero attached hydrogens (tertiary/aromatic N) is 2. The number of ether oxygens (including phenoxy) is 1. The Hall–Kier alpha value is -2.83. The number of rotatable bonds is 5. The number of aromatic nitrogens is 2. The number of benzene rings is 1. The lowest BCUT2D eigenvalue weighted by Gasteiger charge is -2.22. The number of hydrogen-bond donors (Lipinski definition) is 2. The molecule has 0 aliphatic heterocycles. The first-order valence-corrected chi connectivity index (χ1v) is 7.24. The molecule has 1 amide bonds. The van der Waals surface area contributed by atoms with Gasteiger partial charge in [-0.2, -0.15) is 5.10 Å². The lowest BCUT2D eigenvalue weighted by molar-refractivity contribution is -0.152. The Bertz CT molecular complexity index is 722. The fourth-order valence-electron chi connectivity index (χ4n) is 1.98. The van der Waals surface area contributed by atoms with Crippen LogP contribution in [-0.2, 0) is 15.1 Å². The van der Waals surface area contributed by atoms with E-state index >= 15 is 0 Å². The van der Waals surface area contributed by atoms with Crippen molar-refractivity contribution >= 4 is 23.3 Å². The van der Waals surface area contributed by atoms with E-state index in [1.807, 2.05) is 0 Å². The van der Waals surface area contributed by atoms with Gasteiger partial charge < -0.3 is 15.8 Å². The van der Waals surface area contributed by atoms with Crippen LogP contribution in [-0.4, -0.2) is 28.3 Å². The number of nitrogens with two attached hydrogens (primary N) is 1. The summed E-state index contributed by atoms with van der Waals surface area (Å²) in [5.74, 6) is -0.692. The Morgan fingerprint density at radius 2 is 2.13 bits per heavy atom. The molecule has 1 aromatic heterocycles. The fourth-order valence-corrected chi connectivity index (χ4v) is 1.98. The van der Waals surface area contributed by atoms with Gasteiger partial charge in [-0.05, 0) is 39.0 Å². The first kappa shape index (κ1) is 16.5. The third-order valence-corrected chi connectivity index (χ3v) is 3.34. The Morgan fingerprint density at radius 3 is 2.78 bits per heavy atom. The normalized spacial score (nSPS) is 11.1. The highest BCUT2D eigenvalue weighted by Gasteiger charge is 2.32. The smallest absolute Gasteiger partial charge is 0.333 e. The van der Waals surface area contributed by atoms with E-state index in [9.17, 15) is 9.59 Å². The number of carbonyl (C=O) groups is 2. The lowest BCUT2D eigenvalue weighted by atomic mass is 10.1. The zero-order chi connectivity index (χ0) is 17.0. The van der Waals surface area contributed by atoms with E-state index in [0.29, 0.717) is 23.5 Å². The third-order valence-electron chi connectivity index (χ3n) is 3.34. The maximum atomic E-state index is 12.2. The van der Waals surface area contributed by atoms with Crippen molar-refractivity contribution in [1.82, 2.24) is 9.78 Å². The number of nitrogens with one attached hydrogen (secondary N) is 1. The zero-order valence-electron chi connectivity index (χ0n) is 13.4. The second-order valence-corrected chi connectivity index (χ2v) is 5.53. The van der Waals surface area contributed by atoms with Crippen LogP contribution in [0.4, 0.5) is 11.4 Å². The molecule has 0 aliphatic rings. The van der Waals surface area contributed by atoms with Crippen molar-refractivity contribution in [3.05, 3.63) is 42.2 Å². The van der Waals surface area contributed by atoms with E-state index in [-0.39, 0.29) is 5.91 Å². The van der Waals surface area contributed by atoms with Crippen LogP contribution < -0.4 is 11.1 Å². The van der Waals surface area contributed by atoms with Crippen molar-refractivity contribution in [1.29, 1.82) is 0 Å². The number of esters is 1. The van der Waals surface area contributed by atoms with Gasteiger partial charge in [-0.1, -0.05) is 6.07 Å². The van der Waals surface area contributed by atoms with E-state index in [1.54, 1.807) is 51.2 Å². The largest absolute Gasteiger partial charge is 0.464 e. The molecular formula is C16H20N4O3. The second-order valence-electron chi connectivity index (χ2n) is 5.53. The fraction of sp³-hybridized carbons (Fsp3) is 0.312. The van der Waals surface area contributed by atoms with E-state index in [0.717, 1.165) is 0 Å². The SMILES string of the molecule is CCOC(=O)C(C)(C)n1cc(NC(=O)c2cccc(N)c2)cn1. The van der Waals surface area contributed by atoms with Crippen LogP contribution in [0, 0.1) is 0 Å². The molecule has 7 nitrogen and oxygen atoms in total. The molecule has 122 valence electrons. The molecule has 3 N–H and O–H groups in total. The number of amides is 1. The van der Waals surface area contributed by atoms with Gasteiger partial charge in [0.15, 0.2) is 5.54 Å². The minimum absolute atomic E-state index is 0.294. The highest BCUT2D eigenvalue weighted by atomic mass is 16.5. The van der Waals surface area contributed by atoms with Gasteiger partial charge in [-0.3, -0.25) is 9.48 Å². The molecule has 23 heavy (non-hydrogen) atoms. The van der Waals surface area contributed by atoms with Gasteiger partial charge in [0.2, 0.25) is 0 Å². The molecule has 0 radical (unpaired) electrons. The number of carbonyl (C=O) groups excluding carboxylic acids is 2. The van der Waals surface area contributed by atoms with Gasteiger partial charge >= 0.3 is 5.97 Å². The number of hydrogen-bond acceptors (Lipinski definition) is 5. The van der Waals surface area contributed by atoms with Gasteiger partial charge in [0.25, 0.3) is 5.91 Å². The number of nitrogen functional groups attached to an aromatic ring is 1. The summed E-state index contributed by atoms with van der Waals surface area (Å²) in [6.07, 6.45) is 3.06. The van der Waals surface area contributed by atoms with Crippen LogP contribution >= 0.6 is 0 Å². The summed E-state index contributed by atoms with van der Waals surface area (Å²) in [5.41, 5.74) is 6.14. The first-order valence-electron chi connectivity index (χ1n) is 7.24. The van der Waals surface area contributed by atoms with Gasteiger partial charge in [0.1, 0.15) is 0 Å². The van der Waals surface area contributed by atoms with E-state index < -0.39 is 11.5 Å². The highest BCUT2D eigenvalue weighted by molar-refractivity contribution is 6.04. The zero-order valence-corrected chi connectivity index (χ0v) is 13.4. The highest BCUT2D eigenvalue weighted by Crippen LogP contribution is 2.19. The molecule has 0 saturated heterocycles. The molecule has 1 aromatic carbocycles. The molecule has 0 unspecified atom stereocenters. The molecule has 0 atom stereocenters. The average Bonchev–Trinajstić information content (AvgIpc) is 2.96. The summed E-state index contributed by atoms with van der Waals surface area (Å²) >= 11 is 0. The van der Waals surface area contributed by atoms with Crippen molar-refractivity contribution in [3.63, 3.8) is 0 Å². The van der Waals surface area contributed by atoms with E-state index in [2.05, 4.69) is 10.4 Å². The van der Waals surface area contributed by atoms with Crippen LogP contribution in [0.25, 0.3) is 0 Å². The summed E-state index contributed by atoms with van der Waals surface area (Å²) in [6, 6.07) is 6.66. The monoisotopic (exact) mass is 316 g/mol. The maximum absolute atomic E-state index is 12.2. The predicted octanol–water partition coefficient (Wildman–Crippen LogP) is 2.02. The Kier molecular flexibility index (Phi) is 4.68. The lowest BCUT2D eigenvalue weighted by Crippen LogP contribution is -2.37. The van der Waals surface area contributed by atoms with Crippen molar-refractivity contribution < 1.29 is 14.3 Å². The Morgan fingerprint density at radius 1 is 1.39 bits per heavy atom. The topological polar surface area (TPSA) is 99.2 Å². The van der Waals surface area contributed by atoms with Crippen molar-refractivity contribution in [2.75, 3.05) is 17.7 Å². The Balaban J connectivity index is 2.13. The molecule has 0 saturated carbocycles. The quantitative estimate of drug-likeness (QED) is 0.649. The summed E-state index contributed by atoms with van der Waals surface area (Å²) in [4.78, 5) is 24.1. The predicted molar refractivity (Wildman–Crippen MR) is 87.0 cm³/mol. The van der Waals surface area contributed by atoms with E-state index in [4.69, 9.17) is 10.5 Å². The average molecular weight is 316 g/mol. The summed E-state index contributed by atoms with van der Waals surface area (Å²) in [5, 5.41) is 6.85. The molecule has 0 spiro atoms. The standard InChI is InChI=1S/C16H20N4O3/c1-4-23-15(22)16(2,3)20-10-13(9-18-20)19-14(21)11-6-5-7-12(17)8-11/h5-10H,4,17H2,1-3H3,(H,19,21). The second kappa shape index (κ2) is 6.51. The molecule has 1 heterocycles. The van der Waals surface area contributed by atoms with E-state index in [1.165, 1.54) is 10.9 Å². The Labute approximate surface area is 134 Å². The van der Waals surface area contributed by atoms with Crippen LogP contribution in [0.1, 0.15) is 31.1 Å². The first-order chi connectivity index (χ1) is 10.8. The van der Waals surface area contributed by atoms with Gasteiger partial charge in [0, 0.05) is 17.4 Å². The van der Waals surface area contributed by atoms with Gasteiger partial charge in [0.05, 0.1) is 18.5 Å². The summed E-state index contributed by atoms with van der Waals surface area (Å²) in [6.45, 7) is 5.43. The molecule has 2 aromatic rings. The maximum Gasteiger partial charge on any atom is 0.333 e. The summed E-state index contributed by atoms with van der Waals surface area (Å²) in [7, 11) is 0. The van der Waals surface area contributed by atoms with Crippen LogP contribution in [0.3, 0.4) is 0 Å². The molecule has 7 heteroatoms. The van der Waals surface area contributed by atoms with Crippen LogP contribution in [0.15, 0.2) is 36.7 Å². The van der Waals surface area contributed by atoms with Crippen LogP contribution in [0.2, 0.25) is 0 Å². The third kappa shape index (κ3) is 3.68.